The fraction of sp³-hybridized carbons (Fsp3) is 0.636. The number of hydrogen-bond donors (Lipinski definition) is 1. The number of aryl methyl sites for hydroxylation is 2. The van der Waals surface area contributed by atoms with Crippen molar-refractivity contribution in [1.29, 1.82) is 0 Å². The Bertz CT molecular complexity index is 397. The van der Waals surface area contributed by atoms with E-state index in [0.717, 1.165) is 0 Å². The Kier molecular flexibility index (Phi) is 3.44. The summed E-state index contributed by atoms with van der Waals surface area (Å²) in [5.41, 5.74) is 6.74. The minimum absolute atomic E-state index is 0.0528. The van der Waals surface area contributed by atoms with Gasteiger partial charge >= 0.3 is 0 Å². The molecule has 17 heavy (non-hydrogen) atoms. The zero-order valence-electron chi connectivity index (χ0n) is 10.1. The number of amides is 1. The normalized spacial score (nSPS) is 20.6. The van der Waals surface area contributed by atoms with Crippen LogP contribution in [0, 0.1) is 13.8 Å². The maximum Gasteiger partial charge on any atom is 0.259 e. The molecule has 1 amide bonds. The quantitative estimate of drug-likeness (QED) is 0.791. The van der Waals surface area contributed by atoms with E-state index in [9.17, 15) is 4.79 Å². The van der Waals surface area contributed by atoms with Crippen molar-refractivity contribution in [3.05, 3.63) is 17.0 Å². The number of ether oxygens (including phenoxy) is 1. The number of nitrogens with two attached hydrogens (primary N) is 1. The minimum atomic E-state index is -0.0758. The third-order valence-corrected chi connectivity index (χ3v) is 2.94. The second kappa shape index (κ2) is 4.85. The molecule has 1 aliphatic heterocycles. The summed E-state index contributed by atoms with van der Waals surface area (Å²) in [4.78, 5) is 14.0. The van der Waals surface area contributed by atoms with Gasteiger partial charge in [0.1, 0.15) is 11.3 Å². The lowest BCUT2D eigenvalue weighted by atomic mass is 10.1. The summed E-state index contributed by atoms with van der Waals surface area (Å²) >= 11 is 0. The van der Waals surface area contributed by atoms with Gasteiger partial charge in [-0.05, 0) is 13.8 Å². The van der Waals surface area contributed by atoms with Gasteiger partial charge in [-0.25, -0.2) is 0 Å². The van der Waals surface area contributed by atoms with E-state index in [1.54, 1.807) is 18.7 Å². The maximum absolute atomic E-state index is 12.3. The molecule has 1 fully saturated rings. The van der Waals surface area contributed by atoms with Crippen molar-refractivity contribution >= 4 is 5.91 Å². The lowest BCUT2D eigenvalue weighted by molar-refractivity contribution is -0.0168. The molecule has 0 bridgehead atoms. The van der Waals surface area contributed by atoms with Crippen LogP contribution >= 0.6 is 0 Å². The van der Waals surface area contributed by atoms with Crippen molar-refractivity contribution in [3.8, 4) is 0 Å². The highest BCUT2D eigenvalue weighted by Gasteiger charge is 2.27. The van der Waals surface area contributed by atoms with E-state index in [4.69, 9.17) is 15.0 Å². The standard InChI is InChI=1S/C11H17N3O3/c1-7-10(8(2)17-13-7)11(15)14-3-4-16-9(5-12)6-14/h9H,3-6,12H2,1-2H3. The second-order valence-electron chi connectivity index (χ2n) is 4.18. The topological polar surface area (TPSA) is 81.6 Å². The fourth-order valence-corrected chi connectivity index (χ4v) is 1.99. The Morgan fingerprint density at radius 2 is 2.35 bits per heavy atom. The summed E-state index contributed by atoms with van der Waals surface area (Å²) in [5.74, 6) is 0.506. The van der Waals surface area contributed by atoms with Gasteiger partial charge in [0.2, 0.25) is 0 Å². The Hall–Kier alpha value is -1.40. The third kappa shape index (κ3) is 2.32. The first-order valence-electron chi connectivity index (χ1n) is 5.67. The number of nitrogens with zero attached hydrogens (tertiary/aromatic N) is 2. The molecule has 6 heteroatoms. The molecule has 1 aliphatic rings. The molecule has 1 aromatic rings. The molecule has 0 aromatic carbocycles. The summed E-state index contributed by atoms with van der Waals surface area (Å²) in [6.45, 7) is 5.57. The molecular formula is C11H17N3O3. The van der Waals surface area contributed by atoms with Crippen LogP contribution in [0.1, 0.15) is 21.8 Å². The predicted molar refractivity (Wildman–Crippen MR) is 60.7 cm³/mol. The highest BCUT2D eigenvalue weighted by molar-refractivity contribution is 5.96. The van der Waals surface area contributed by atoms with Gasteiger partial charge in [-0.15, -0.1) is 0 Å². The molecule has 2 rings (SSSR count). The summed E-state index contributed by atoms with van der Waals surface area (Å²) in [5, 5.41) is 3.79. The van der Waals surface area contributed by atoms with Gasteiger partial charge in [0, 0.05) is 19.6 Å². The summed E-state index contributed by atoms with van der Waals surface area (Å²) in [6.07, 6.45) is -0.0758. The Labute approximate surface area is 99.7 Å². The highest BCUT2D eigenvalue weighted by Crippen LogP contribution is 2.16. The molecule has 0 spiro atoms. The summed E-state index contributed by atoms with van der Waals surface area (Å²) < 4.78 is 10.4. The number of carbonyl (C=O) groups excluding carboxylic acids is 1. The van der Waals surface area contributed by atoms with Crippen LogP contribution in [0.5, 0.6) is 0 Å². The van der Waals surface area contributed by atoms with E-state index in [-0.39, 0.29) is 12.0 Å². The van der Waals surface area contributed by atoms with E-state index in [0.29, 0.717) is 43.3 Å². The average molecular weight is 239 g/mol. The Morgan fingerprint density at radius 3 is 2.94 bits per heavy atom. The van der Waals surface area contributed by atoms with Crippen LogP contribution in [-0.2, 0) is 4.74 Å². The van der Waals surface area contributed by atoms with Gasteiger partial charge in [-0.2, -0.15) is 0 Å². The monoisotopic (exact) mass is 239 g/mol. The highest BCUT2D eigenvalue weighted by atomic mass is 16.5. The Morgan fingerprint density at radius 1 is 1.59 bits per heavy atom. The van der Waals surface area contributed by atoms with Crippen LogP contribution in [-0.4, -0.2) is 48.3 Å². The number of morpholine rings is 1. The van der Waals surface area contributed by atoms with Crippen LogP contribution in [0.3, 0.4) is 0 Å². The van der Waals surface area contributed by atoms with Gasteiger partial charge in [-0.1, -0.05) is 5.16 Å². The Balaban J connectivity index is 2.15. The van der Waals surface area contributed by atoms with Crippen molar-refractivity contribution in [2.45, 2.75) is 20.0 Å². The lowest BCUT2D eigenvalue weighted by Crippen LogP contribution is -2.48. The number of hydrogen-bond acceptors (Lipinski definition) is 5. The average Bonchev–Trinajstić information content (AvgIpc) is 2.68. The van der Waals surface area contributed by atoms with E-state index in [2.05, 4.69) is 5.16 Å². The zero-order chi connectivity index (χ0) is 12.4. The first-order chi connectivity index (χ1) is 8.13. The summed E-state index contributed by atoms with van der Waals surface area (Å²) in [6, 6.07) is 0. The van der Waals surface area contributed by atoms with E-state index in [1.165, 1.54) is 0 Å². The zero-order valence-corrected chi connectivity index (χ0v) is 10.1. The molecule has 94 valence electrons. The van der Waals surface area contributed by atoms with Gasteiger partial charge in [0.05, 0.1) is 18.4 Å². The minimum Gasteiger partial charge on any atom is -0.373 e. The first-order valence-corrected chi connectivity index (χ1v) is 5.67. The lowest BCUT2D eigenvalue weighted by Gasteiger charge is -2.32. The third-order valence-electron chi connectivity index (χ3n) is 2.94. The van der Waals surface area contributed by atoms with Crippen molar-refractivity contribution in [1.82, 2.24) is 10.1 Å². The van der Waals surface area contributed by atoms with Gasteiger partial charge in [0.15, 0.2) is 0 Å². The van der Waals surface area contributed by atoms with Crippen LogP contribution in [0.4, 0.5) is 0 Å². The number of carbonyl (C=O) groups is 1. The van der Waals surface area contributed by atoms with Crippen molar-refractivity contribution in [2.75, 3.05) is 26.2 Å². The molecule has 0 aliphatic carbocycles. The van der Waals surface area contributed by atoms with Crippen molar-refractivity contribution in [3.63, 3.8) is 0 Å². The smallest absolute Gasteiger partial charge is 0.259 e. The molecule has 2 heterocycles. The first kappa shape index (κ1) is 12.1. The maximum atomic E-state index is 12.3. The number of aromatic nitrogens is 1. The van der Waals surface area contributed by atoms with E-state index in [1.807, 2.05) is 0 Å². The predicted octanol–water partition coefficient (Wildman–Crippen LogP) is 0.0911. The molecular weight excluding hydrogens is 222 g/mol. The molecule has 6 nitrogen and oxygen atoms in total. The van der Waals surface area contributed by atoms with E-state index < -0.39 is 0 Å². The van der Waals surface area contributed by atoms with Crippen LogP contribution in [0.15, 0.2) is 4.52 Å². The largest absolute Gasteiger partial charge is 0.373 e. The molecule has 0 saturated carbocycles. The van der Waals surface area contributed by atoms with Crippen LogP contribution < -0.4 is 5.73 Å². The van der Waals surface area contributed by atoms with Crippen LogP contribution in [0.2, 0.25) is 0 Å². The van der Waals surface area contributed by atoms with Crippen LogP contribution in [0.25, 0.3) is 0 Å². The fourth-order valence-electron chi connectivity index (χ4n) is 1.99. The summed E-state index contributed by atoms with van der Waals surface area (Å²) in [7, 11) is 0. The molecule has 1 saturated heterocycles. The second-order valence-corrected chi connectivity index (χ2v) is 4.18. The van der Waals surface area contributed by atoms with Crippen molar-refractivity contribution in [2.24, 2.45) is 5.73 Å². The van der Waals surface area contributed by atoms with Crippen molar-refractivity contribution < 1.29 is 14.1 Å². The van der Waals surface area contributed by atoms with Gasteiger partial charge < -0.3 is 19.9 Å². The molecule has 1 aromatic heterocycles. The van der Waals surface area contributed by atoms with Gasteiger partial charge in [-0.3, -0.25) is 4.79 Å². The van der Waals surface area contributed by atoms with Gasteiger partial charge in [0.25, 0.3) is 5.91 Å². The molecule has 1 unspecified atom stereocenters. The molecule has 1 atom stereocenters. The molecule has 0 radical (unpaired) electrons. The number of rotatable bonds is 2. The SMILES string of the molecule is Cc1noc(C)c1C(=O)N1CCOC(CN)C1. The molecule has 2 N–H and O–H groups in total. The van der Waals surface area contributed by atoms with E-state index >= 15 is 0 Å².